The van der Waals surface area contributed by atoms with Crippen molar-refractivity contribution in [1.82, 2.24) is 0 Å². The molecule has 2 aromatic rings. The lowest BCUT2D eigenvalue weighted by atomic mass is 10.2. The number of methoxy groups -OCH3 is 1. The van der Waals surface area contributed by atoms with Crippen molar-refractivity contribution < 1.29 is 18.3 Å². The highest BCUT2D eigenvalue weighted by molar-refractivity contribution is 5.79. The summed E-state index contributed by atoms with van der Waals surface area (Å²) < 4.78 is 27.8. The number of benzene rings is 1. The second kappa shape index (κ2) is 5.08. The zero-order chi connectivity index (χ0) is 13.1. The monoisotopic (exact) mass is 252 g/mol. The fraction of sp³-hybridized carbons (Fsp3) is 0.308. The summed E-state index contributed by atoms with van der Waals surface area (Å²) in [6.07, 6.45) is -1.05. The molecule has 1 unspecified atom stereocenters. The lowest BCUT2D eigenvalue weighted by Crippen LogP contribution is -2.08. The number of alkyl halides is 1. The molecule has 1 aromatic carbocycles. The Morgan fingerprint density at radius 1 is 1.39 bits per heavy atom. The van der Waals surface area contributed by atoms with Crippen LogP contribution in [-0.4, -0.2) is 19.9 Å². The van der Waals surface area contributed by atoms with E-state index in [0.29, 0.717) is 16.7 Å². The standard InChI is InChI=1S/C13H13FO4/c1-8(14)7-17-10-4-3-9-5-12(16-2)13(15)18-11(9)6-10/h3-6,8H,7H2,1-2H3. The Morgan fingerprint density at radius 3 is 2.83 bits per heavy atom. The van der Waals surface area contributed by atoms with Crippen molar-refractivity contribution in [3.05, 3.63) is 34.7 Å². The molecule has 0 spiro atoms. The number of rotatable bonds is 4. The van der Waals surface area contributed by atoms with Crippen LogP contribution in [0.1, 0.15) is 6.92 Å². The Balaban J connectivity index is 2.36. The number of halogens is 1. The average molecular weight is 252 g/mol. The fourth-order valence-electron chi connectivity index (χ4n) is 1.52. The molecule has 0 saturated carbocycles. The molecular formula is C13H13FO4. The van der Waals surface area contributed by atoms with E-state index in [2.05, 4.69) is 0 Å². The summed E-state index contributed by atoms with van der Waals surface area (Å²) >= 11 is 0. The maximum absolute atomic E-state index is 12.6. The van der Waals surface area contributed by atoms with Crippen molar-refractivity contribution in [2.45, 2.75) is 13.1 Å². The van der Waals surface area contributed by atoms with Crippen LogP contribution in [0.4, 0.5) is 4.39 Å². The first-order valence-electron chi connectivity index (χ1n) is 5.49. The Labute approximate surface area is 103 Å². The lowest BCUT2D eigenvalue weighted by Gasteiger charge is -2.07. The smallest absolute Gasteiger partial charge is 0.379 e. The zero-order valence-corrected chi connectivity index (χ0v) is 10.1. The van der Waals surface area contributed by atoms with Gasteiger partial charge in [0.25, 0.3) is 0 Å². The minimum Gasteiger partial charge on any atom is -0.490 e. The average Bonchev–Trinajstić information content (AvgIpc) is 2.35. The summed E-state index contributed by atoms with van der Waals surface area (Å²) in [6, 6.07) is 6.55. The lowest BCUT2D eigenvalue weighted by molar-refractivity contribution is 0.210. The molecule has 4 nitrogen and oxygen atoms in total. The Bertz CT molecular complexity index is 603. The Morgan fingerprint density at radius 2 is 2.17 bits per heavy atom. The molecular weight excluding hydrogens is 239 g/mol. The van der Waals surface area contributed by atoms with E-state index in [-0.39, 0.29) is 12.4 Å². The summed E-state index contributed by atoms with van der Waals surface area (Å²) in [6.45, 7) is 1.37. The highest BCUT2D eigenvalue weighted by Crippen LogP contribution is 2.22. The molecule has 0 aliphatic heterocycles. The van der Waals surface area contributed by atoms with Gasteiger partial charge in [-0.1, -0.05) is 0 Å². The number of hydrogen-bond donors (Lipinski definition) is 0. The molecule has 0 saturated heterocycles. The van der Waals surface area contributed by atoms with E-state index in [1.807, 2.05) is 0 Å². The number of ether oxygens (including phenoxy) is 2. The van der Waals surface area contributed by atoms with E-state index in [1.54, 1.807) is 24.3 Å². The van der Waals surface area contributed by atoms with Crippen LogP contribution in [0.15, 0.2) is 33.5 Å². The van der Waals surface area contributed by atoms with Gasteiger partial charge in [0.2, 0.25) is 5.75 Å². The van der Waals surface area contributed by atoms with E-state index >= 15 is 0 Å². The van der Waals surface area contributed by atoms with Crippen LogP contribution in [0.5, 0.6) is 11.5 Å². The third kappa shape index (κ3) is 2.61. The second-order valence-electron chi connectivity index (χ2n) is 3.89. The quantitative estimate of drug-likeness (QED) is 0.784. The molecule has 0 aliphatic carbocycles. The summed E-state index contributed by atoms with van der Waals surface area (Å²) in [5.74, 6) is 0.605. The summed E-state index contributed by atoms with van der Waals surface area (Å²) in [5, 5.41) is 0.715. The molecule has 18 heavy (non-hydrogen) atoms. The molecule has 0 radical (unpaired) electrons. The maximum atomic E-state index is 12.6. The van der Waals surface area contributed by atoms with Crippen LogP contribution in [0.2, 0.25) is 0 Å². The zero-order valence-electron chi connectivity index (χ0n) is 10.1. The summed E-state index contributed by atoms with van der Waals surface area (Å²) in [5.41, 5.74) is -0.175. The van der Waals surface area contributed by atoms with E-state index < -0.39 is 11.8 Å². The van der Waals surface area contributed by atoms with E-state index in [1.165, 1.54) is 14.0 Å². The Kier molecular flexibility index (Phi) is 3.50. The molecule has 0 aliphatic rings. The van der Waals surface area contributed by atoms with E-state index in [0.717, 1.165) is 0 Å². The van der Waals surface area contributed by atoms with Gasteiger partial charge in [-0.2, -0.15) is 0 Å². The molecule has 1 aromatic heterocycles. The number of hydrogen-bond acceptors (Lipinski definition) is 4. The van der Waals surface area contributed by atoms with Crippen LogP contribution >= 0.6 is 0 Å². The molecule has 0 N–H and O–H groups in total. The predicted octanol–water partition coefficient (Wildman–Crippen LogP) is 2.54. The molecule has 96 valence electrons. The van der Waals surface area contributed by atoms with Crippen LogP contribution in [-0.2, 0) is 0 Å². The van der Waals surface area contributed by atoms with Gasteiger partial charge in [-0.15, -0.1) is 0 Å². The third-order valence-electron chi connectivity index (χ3n) is 2.38. The van der Waals surface area contributed by atoms with Crippen LogP contribution in [0.25, 0.3) is 11.0 Å². The van der Waals surface area contributed by atoms with E-state index in [4.69, 9.17) is 13.9 Å². The molecule has 0 amide bonds. The van der Waals surface area contributed by atoms with Gasteiger partial charge >= 0.3 is 5.63 Å². The summed E-state index contributed by atoms with van der Waals surface area (Å²) in [4.78, 5) is 11.4. The fourth-order valence-corrected chi connectivity index (χ4v) is 1.52. The van der Waals surface area contributed by atoms with Gasteiger partial charge < -0.3 is 13.9 Å². The van der Waals surface area contributed by atoms with Crippen LogP contribution in [0, 0.1) is 0 Å². The van der Waals surface area contributed by atoms with Crippen molar-refractivity contribution >= 4 is 11.0 Å². The Hall–Kier alpha value is -2.04. The van der Waals surface area contributed by atoms with Gasteiger partial charge in [0, 0.05) is 11.5 Å². The van der Waals surface area contributed by atoms with Crippen molar-refractivity contribution in [3.63, 3.8) is 0 Å². The minimum absolute atomic E-state index is 0.0358. The van der Waals surface area contributed by atoms with Crippen molar-refractivity contribution in [1.29, 1.82) is 0 Å². The van der Waals surface area contributed by atoms with Gasteiger partial charge in [-0.05, 0) is 25.1 Å². The predicted molar refractivity (Wildman–Crippen MR) is 65.1 cm³/mol. The largest absolute Gasteiger partial charge is 0.490 e. The molecule has 5 heteroatoms. The van der Waals surface area contributed by atoms with Crippen LogP contribution < -0.4 is 15.1 Å². The molecule has 1 heterocycles. The topological polar surface area (TPSA) is 48.7 Å². The summed E-state index contributed by atoms with van der Waals surface area (Å²) in [7, 11) is 1.40. The third-order valence-corrected chi connectivity index (χ3v) is 2.38. The van der Waals surface area contributed by atoms with Gasteiger partial charge in [0.15, 0.2) is 0 Å². The maximum Gasteiger partial charge on any atom is 0.379 e. The SMILES string of the molecule is COc1cc2ccc(OCC(C)F)cc2oc1=O. The second-order valence-corrected chi connectivity index (χ2v) is 3.89. The number of fused-ring (bicyclic) bond motifs is 1. The van der Waals surface area contributed by atoms with Crippen molar-refractivity contribution in [2.75, 3.05) is 13.7 Å². The van der Waals surface area contributed by atoms with Crippen LogP contribution in [0.3, 0.4) is 0 Å². The first kappa shape index (κ1) is 12.4. The first-order chi connectivity index (χ1) is 8.60. The molecule has 1 atom stereocenters. The van der Waals surface area contributed by atoms with Gasteiger partial charge in [0.1, 0.15) is 24.1 Å². The first-order valence-corrected chi connectivity index (χ1v) is 5.49. The van der Waals surface area contributed by atoms with Crippen molar-refractivity contribution in [3.8, 4) is 11.5 Å². The molecule has 2 rings (SSSR count). The normalized spacial score (nSPS) is 12.4. The highest BCUT2D eigenvalue weighted by Gasteiger charge is 2.07. The van der Waals surface area contributed by atoms with Gasteiger partial charge in [0.05, 0.1) is 7.11 Å². The molecule has 0 bridgehead atoms. The van der Waals surface area contributed by atoms with Gasteiger partial charge in [-0.25, -0.2) is 9.18 Å². The van der Waals surface area contributed by atoms with Gasteiger partial charge in [-0.3, -0.25) is 0 Å². The molecule has 0 fully saturated rings. The minimum atomic E-state index is -1.05. The van der Waals surface area contributed by atoms with E-state index in [9.17, 15) is 9.18 Å². The highest BCUT2D eigenvalue weighted by atomic mass is 19.1. The van der Waals surface area contributed by atoms with Crippen molar-refractivity contribution in [2.24, 2.45) is 0 Å².